The van der Waals surface area contributed by atoms with E-state index in [1.54, 1.807) is 31.3 Å². The number of nitrogens with zero attached hydrogens (tertiary/aromatic N) is 2. The summed E-state index contributed by atoms with van der Waals surface area (Å²) in [5.74, 6) is 0.0229. The fourth-order valence-corrected chi connectivity index (χ4v) is 2.30. The van der Waals surface area contributed by atoms with E-state index < -0.39 is 0 Å². The van der Waals surface area contributed by atoms with Crippen molar-refractivity contribution in [2.45, 2.75) is 53.4 Å². The number of allylic oxidation sites excluding steroid dienone is 6. The summed E-state index contributed by atoms with van der Waals surface area (Å²) in [6.07, 6.45) is 16.6. The minimum Gasteiger partial charge on any atom is -0.516 e. The van der Waals surface area contributed by atoms with Crippen LogP contribution in [-0.4, -0.2) is 20.8 Å². The van der Waals surface area contributed by atoms with Crippen molar-refractivity contribution in [3.05, 3.63) is 105 Å². The van der Waals surface area contributed by atoms with Gasteiger partial charge in [-0.3, -0.25) is 4.79 Å². The van der Waals surface area contributed by atoms with Gasteiger partial charge in [-0.15, -0.1) is 6.58 Å². The quantitative estimate of drug-likeness (QED) is 0.233. The summed E-state index contributed by atoms with van der Waals surface area (Å²) in [6, 6.07) is 9.67. The Morgan fingerprint density at radius 1 is 1.15 bits per heavy atom. The molecule has 0 saturated carbocycles. The number of carbonyl (C=O) groups excluding carboxylic acids is 1. The van der Waals surface area contributed by atoms with E-state index in [-0.39, 0.29) is 5.91 Å². The predicted molar refractivity (Wildman–Crippen MR) is 144 cm³/mol. The van der Waals surface area contributed by atoms with Crippen molar-refractivity contribution < 1.29 is 9.90 Å². The highest BCUT2D eigenvalue weighted by atomic mass is 16.2. The highest BCUT2D eigenvalue weighted by Crippen LogP contribution is 2.17. The van der Waals surface area contributed by atoms with Gasteiger partial charge in [0.05, 0.1) is 11.9 Å². The summed E-state index contributed by atoms with van der Waals surface area (Å²) in [4.78, 5) is 12.0. The summed E-state index contributed by atoms with van der Waals surface area (Å²) in [7, 11) is 0. The van der Waals surface area contributed by atoms with E-state index in [0.717, 1.165) is 42.6 Å². The second kappa shape index (κ2) is 23.1. The standard InChI is InChI=1S/C19H23N3O.C4H6.C3H6O.C2H6/c1-3-5-6-7-12-19(23)21-16-10-8-11-18(15-16)22-17(9-4-2)13-14-20-22;1-3-4-2;1-2-3-4;1-2/h4-6,8,10-11,13-15H,2-3,7,9,12H2,1H3,(H,21,23);3-4H,1-2H2;2-4H,1H3;1-2H3/b6-5-;;3-2+;. The Labute approximate surface area is 200 Å². The molecular formula is C28H41N3O2. The molecule has 180 valence electrons. The predicted octanol–water partition coefficient (Wildman–Crippen LogP) is 7.75. The average Bonchev–Trinajstić information content (AvgIpc) is 3.32. The maximum absolute atomic E-state index is 12.0. The highest BCUT2D eigenvalue weighted by molar-refractivity contribution is 5.91. The van der Waals surface area contributed by atoms with Gasteiger partial charge >= 0.3 is 0 Å². The monoisotopic (exact) mass is 451 g/mol. The number of aromatic nitrogens is 2. The van der Waals surface area contributed by atoms with Crippen molar-refractivity contribution in [3.63, 3.8) is 0 Å². The normalized spacial score (nSPS) is 9.45. The van der Waals surface area contributed by atoms with Crippen molar-refractivity contribution in [2.24, 2.45) is 0 Å². The number of carbonyl (C=O) groups is 1. The Morgan fingerprint density at radius 3 is 2.36 bits per heavy atom. The Hall–Kier alpha value is -3.60. The van der Waals surface area contributed by atoms with Gasteiger partial charge in [-0.05, 0) is 44.0 Å². The van der Waals surface area contributed by atoms with E-state index in [2.05, 4.69) is 43.2 Å². The molecule has 0 radical (unpaired) electrons. The molecule has 0 atom stereocenters. The highest BCUT2D eigenvalue weighted by Gasteiger charge is 2.06. The lowest BCUT2D eigenvalue weighted by Gasteiger charge is -2.09. The van der Waals surface area contributed by atoms with Crippen LogP contribution in [0.4, 0.5) is 5.69 Å². The van der Waals surface area contributed by atoms with Crippen LogP contribution >= 0.6 is 0 Å². The molecule has 1 heterocycles. The summed E-state index contributed by atoms with van der Waals surface area (Å²) in [5.41, 5.74) is 2.77. The molecule has 0 fully saturated rings. The molecule has 0 unspecified atom stereocenters. The van der Waals surface area contributed by atoms with Gasteiger partial charge in [-0.2, -0.15) is 5.10 Å². The first kappa shape index (κ1) is 31.6. The molecule has 1 amide bonds. The molecule has 0 aliphatic carbocycles. The van der Waals surface area contributed by atoms with Gasteiger partial charge in [0.2, 0.25) is 5.91 Å². The van der Waals surface area contributed by atoms with Crippen LogP contribution in [0.25, 0.3) is 5.69 Å². The third kappa shape index (κ3) is 15.8. The largest absolute Gasteiger partial charge is 0.516 e. The summed E-state index contributed by atoms with van der Waals surface area (Å²) in [6.45, 7) is 18.3. The third-order valence-corrected chi connectivity index (χ3v) is 3.71. The lowest BCUT2D eigenvalue weighted by molar-refractivity contribution is -0.116. The van der Waals surface area contributed by atoms with Crippen LogP contribution in [0.3, 0.4) is 0 Å². The smallest absolute Gasteiger partial charge is 0.224 e. The maximum Gasteiger partial charge on any atom is 0.224 e. The number of anilines is 1. The lowest BCUT2D eigenvalue weighted by atomic mass is 10.2. The Kier molecular flexibility index (Phi) is 22.1. The molecule has 0 spiro atoms. The number of benzene rings is 1. The van der Waals surface area contributed by atoms with Crippen molar-refractivity contribution in [2.75, 3.05) is 5.32 Å². The molecule has 2 aromatic rings. The molecule has 0 bridgehead atoms. The first-order valence-corrected chi connectivity index (χ1v) is 11.3. The van der Waals surface area contributed by atoms with Crippen LogP contribution in [0, 0.1) is 0 Å². The Morgan fingerprint density at radius 2 is 1.82 bits per heavy atom. The van der Waals surface area contributed by atoms with E-state index in [4.69, 9.17) is 5.11 Å². The van der Waals surface area contributed by atoms with E-state index >= 15 is 0 Å². The summed E-state index contributed by atoms with van der Waals surface area (Å²) >= 11 is 0. The van der Waals surface area contributed by atoms with Crippen LogP contribution in [0.15, 0.2) is 99.0 Å². The van der Waals surface area contributed by atoms with Gasteiger partial charge in [-0.1, -0.05) is 76.5 Å². The molecule has 0 saturated heterocycles. The number of hydrogen-bond acceptors (Lipinski definition) is 3. The Bertz CT molecular complexity index is 838. The van der Waals surface area contributed by atoms with Gasteiger partial charge in [0.15, 0.2) is 0 Å². The molecule has 0 aliphatic heterocycles. The number of hydrogen-bond donors (Lipinski definition) is 2. The van der Waals surface area contributed by atoms with Gasteiger partial charge < -0.3 is 10.4 Å². The number of nitrogens with one attached hydrogen (secondary N) is 1. The first-order chi connectivity index (χ1) is 16.1. The van der Waals surface area contributed by atoms with Gasteiger partial charge in [0, 0.05) is 30.4 Å². The average molecular weight is 452 g/mol. The number of amides is 1. The van der Waals surface area contributed by atoms with Crippen LogP contribution in [0.1, 0.15) is 52.7 Å². The molecule has 5 nitrogen and oxygen atoms in total. The number of aliphatic hydroxyl groups is 1. The minimum absolute atomic E-state index is 0.0229. The van der Waals surface area contributed by atoms with Crippen molar-refractivity contribution in [1.29, 1.82) is 0 Å². The Balaban J connectivity index is 0. The van der Waals surface area contributed by atoms with Crippen molar-refractivity contribution in [1.82, 2.24) is 9.78 Å². The second-order valence-electron chi connectivity index (χ2n) is 6.20. The maximum atomic E-state index is 12.0. The van der Waals surface area contributed by atoms with Crippen molar-refractivity contribution >= 4 is 11.6 Å². The number of aliphatic hydroxyl groups excluding tert-OH is 1. The fraction of sp³-hybridized carbons (Fsp3) is 0.286. The van der Waals surface area contributed by atoms with E-state index in [1.807, 2.05) is 61.0 Å². The zero-order chi connectivity index (χ0) is 25.3. The molecular weight excluding hydrogens is 410 g/mol. The zero-order valence-corrected chi connectivity index (χ0v) is 20.7. The van der Waals surface area contributed by atoms with Crippen LogP contribution in [0.2, 0.25) is 0 Å². The molecule has 33 heavy (non-hydrogen) atoms. The van der Waals surface area contributed by atoms with Gasteiger partial charge in [-0.25, -0.2) is 4.68 Å². The lowest BCUT2D eigenvalue weighted by Crippen LogP contribution is -2.11. The van der Waals surface area contributed by atoms with Crippen molar-refractivity contribution in [3.8, 4) is 5.69 Å². The topological polar surface area (TPSA) is 67.2 Å². The third-order valence-electron chi connectivity index (χ3n) is 3.71. The molecule has 5 heteroatoms. The molecule has 2 rings (SSSR count). The van der Waals surface area contributed by atoms with E-state index in [0.29, 0.717) is 6.42 Å². The molecule has 1 aromatic carbocycles. The van der Waals surface area contributed by atoms with E-state index in [1.165, 1.54) is 0 Å². The summed E-state index contributed by atoms with van der Waals surface area (Å²) in [5, 5.41) is 15.0. The van der Waals surface area contributed by atoms with Crippen LogP contribution < -0.4 is 5.32 Å². The molecule has 0 aliphatic rings. The van der Waals surface area contributed by atoms with Crippen LogP contribution in [-0.2, 0) is 11.2 Å². The zero-order valence-electron chi connectivity index (χ0n) is 20.7. The van der Waals surface area contributed by atoms with Gasteiger partial charge in [0.25, 0.3) is 0 Å². The second-order valence-corrected chi connectivity index (χ2v) is 6.20. The summed E-state index contributed by atoms with van der Waals surface area (Å²) < 4.78 is 1.86. The number of rotatable bonds is 9. The molecule has 1 aromatic heterocycles. The fourth-order valence-electron chi connectivity index (χ4n) is 2.30. The minimum atomic E-state index is 0.0229. The SMILES string of the molecule is C/C=C/O.C=CC=C.C=CCc1ccnn1-c1cccc(NC(=O)CC/C=C\CC)c1.CC. The van der Waals surface area contributed by atoms with Gasteiger partial charge in [0.1, 0.15) is 0 Å². The first-order valence-electron chi connectivity index (χ1n) is 11.3. The van der Waals surface area contributed by atoms with Crippen LogP contribution in [0.5, 0.6) is 0 Å². The van der Waals surface area contributed by atoms with E-state index in [9.17, 15) is 4.79 Å². The molecule has 2 N–H and O–H groups in total.